The molecule has 4 aromatic heterocycles. The van der Waals surface area contributed by atoms with Crippen molar-refractivity contribution in [2.45, 2.75) is 25.4 Å². The number of methoxy groups -OCH3 is 1. The predicted molar refractivity (Wildman–Crippen MR) is 143 cm³/mol. The number of fused-ring (bicyclic) bond motifs is 2. The molecule has 1 aliphatic heterocycles. The van der Waals surface area contributed by atoms with E-state index in [0.717, 1.165) is 5.56 Å². The van der Waals surface area contributed by atoms with Crippen molar-refractivity contribution < 1.29 is 23.0 Å². The molecule has 0 saturated carbocycles. The first-order chi connectivity index (χ1) is 19.3. The van der Waals surface area contributed by atoms with Crippen LogP contribution in [0.1, 0.15) is 12.0 Å². The first-order valence-electron chi connectivity index (χ1n) is 12.6. The minimum Gasteiger partial charge on any atom is -0.478 e. The number of nitrogens with zero attached hydrogens (tertiary/aromatic N) is 7. The molecule has 0 spiro atoms. The van der Waals surface area contributed by atoms with Gasteiger partial charge in [-0.1, -0.05) is 0 Å². The van der Waals surface area contributed by atoms with Crippen LogP contribution in [0.5, 0.6) is 23.1 Å². The molecule has 1 saturated heterocycles. The molecule has 0 unspecified atom stereocenters. The van der Waals surface area contributed by atoms with Gasteiger partial charge in [0, 0.05) is 30.9 Å². The quantitative estimate of drug-likeness (QED) is 0.309. The first-order valence-corrected chi connectivity index (χ1v) is 12.6. The summed E-state index contributed by atoms with van der Waals surface area (Å²) in [5.74, 6) is -1.28. The summed E-state index contributed by atoms with van der Waals surface area (Å²) in [4.78, 5) is 18.7. The summed E-state index contributed by atoms with van der Waals surface area (Å²) in [7, 11) is 3.07. The lowest BCUT2D eigenvalue weighted by atomic mass is 10.0. The van der Waals surface area contributed by atoms with Crippen LogP contribution in [-0.2, 0) is 0 Å². The zero-order chi connectivity index (χ0) is 27.9. The number of ether oxygens (including phenoxy) is 3. The Balaban J connectivity index is 1.31. The van der Waals surface area contributed by atoms with E-state index in [0.29, 0.717) is 46.1 Å². The number of hydrogen-bond acceptors (Lipinski definition) is 10. The maximum absolute atomic E-state index is 14.9. The molecule has 40 heavy (non-hydrogen) atoms. The smallest absolute Gasteiger partial charge is 0.296 e. The van der Waals surface area contributed by atoms with E-state index in [-0.39, 0.29) is 18.1 Å². The van der Waals surface area contributed by atoms with Gasteiger partial charge in [-0.05, 0) is 43.8 Å². The fourth-order valence-corrected chi connectivity index (χ4v) is 4.70. The monoisotopic (exact) mass is 548 g/mol. The number of aryl methyl sites for hydroxylation is 1. The maximum Gasteiger partial charge on any atom is 0.296 e. The Bertz CT molecular complexity index is 1700. The number of piperidine rings is 1. The van der Waals surface area contributed by atoms with Crippen molar-refractivity contribution >= 4 is 28.1 Å². The normalized spacial score (nSPS) is 17.2. The lowest BCUT2D eigenvalue weighted by Crippen LogP contribution is -2.52. The van der Waals surface area contributed by atoms with Crippen LogP contribution in [-0.4, -0.2) is 73.7 Å². The van der Waals surface area contributed by atoms with Crippen molar-refractivity contribution in [1.82, 2.24) is 34.4 Å². The molecule has 0 aliphatic carbocycles. The van der Waals surface area contributed by atoms with Gasteiger partial charge >= 0.3 is 0 Å². The van der Waals surface area contributed by atoms with Gasteiger partial charge in [0.2, 0.25) is 0 Å². The molecular weight excluding hydrogens is 522 g/mol. The van der Waals surface area contributed by atoms with Gasteiger partial charge in [-0.15, -0.1) is 0 Å². The highest BCUT2D eigenvalue weighted by Crippen LogP contribution is 2.41. The Morgan fingerprint density at radius 1 is 1.07 bits per heavy atom. The summed E-state index contributed by atoms with van der Waals surface area (Å²) in [6, 6.07) is 9.15. The van der Waals surface area contributed by atoms with Crippen LogP contribution in [0.3, 0.4) is 0 Å². The Morgan fingerprint density at radius 3 is 2.75 bits per heavy atom. The van der Waals surface area contributed by atoms with Crippen LogP contribution >= 0.6 is 0 Å². The predicted octanol–water partition coefficient (Wildman–Crippen LogP) is 4.64. The van der Waals surface area contributed by atoms with Crippen molar-refractivity contribution in [3.8, 4) is 23.1 Å². The molecule has 206 valence electrons. The van der Waals surface area contributed by atoms with Crippen LogP contribution in [0, 0.1) is 6.92 Å². The summed E-state index contributed by atoms with van der Waals surface area (Å²) in [6.07, 6.45) is 4.90. The number of benzene rings is 1. The van der Waals surface area contributed by atoms with E-state index in [1.165, 1.54) is 26.0 Å². The Morgan fingerprint density at radius 2 is 1.95 bits per heavy atom. The third-order valence-electron chi connectivity index (χ3n) is 6.70. The number of anilines is 2. The fourth-order valence-electron chi connectivity index (χ4n) is 4.70. The topological polar surface area (TPSA) is 112 Å². The van der Waals surface area contributed by atoms with E-state index in [1.54, 1.807) is 34.8 Å². The fraction of sp³-hybridized carbons (Fsp3) is 0.296. The van der Waals surface area contributed by atoms with Crippen molar-refractivity contribution in [3.63, 3.8) is 0 Å². The Kier molecular flexibility index (Phi) is 6.50. The minimum atomic E-state index is -3.06. The van der Waals surface area contributed by atoms with Crippen LogP contribution < -0.4 is 19.5 Å². The highest BCUT2D eigenvalue weighted by Gasteiger charge is 2.46. The summed E-state index contributed by atoms with van der Waals surface area (Å²) in [6.45, 7) is 1.99. The molecule has 1 atom stereocenters. The zero-order valence-corrected chi connectivity index (χ0v) is 22.0. The SMILES string of the molecule is COc1ncc2ncnc(Nc3ccc(Oc4ccn5ncnc5c4)c(C)c3)c2c1O[C@@H]1CCN(C)CC1(F)F. The number of hydrogen-bond donors (Lipinski definition) is 1. The third-order valence-corrected chi connectivity index (χ3v) is 6.70. The number of alkyl halides is 2. The van der Waals surface area contributed by atoms with Crippen molar-refractivity contribution in [3.05, 3.63) is 60.9 Å². The lowest BCUT2D eigenvalue weighted by molar-refractivity contribution is -0.135. The molecule has 0 amide bonds. The molecule has 5 heterocycles. The molecule has 1 N–H and O–H groups in total. The minimum absolute atomic E-state index is 0.0675. The van der Waals surface area contributed by atoms with E-state index in [9.17, 15) is 8.78 Å². The third kappa shape index (κ3) is 4.91. The number of rotatable bonds is 7. The molecular formula is C27H26F2N8O3. The summed E-state index contributed by atoms with van der Waals surface area (Å²) >= 11 is 0. The van der Waals surface area contributed by atoms with Gasteiger partial charge in [0.05, 0.1) is 30.8 Å². The van der Waals surface area contributed by atoms with Gasteiger partial charge in [0.1, 0.15) is 30.0 Å². The van der Waals surface area contributed by atoms with Gasteiger partial charge in [-0.2, -0.15) is 5.10 Å². The standard InChI is InChI=1S/C27H26F2N8O3/c1-16-10-17(4-5-20(16)39-18-6-9-37-22(11-18)32-15-34-37)35-25-23-19(31-14-33-25)12-30-26(38-3)24(23)40-21-7-8-36(2)13-27(21,28)29/h4-6,9-12,14-15,21H,7-8,13H2,1-3H3,(H,31,33,35)/t21-/m1/s1. The van der Waals surface area contributed by atoms with Gasteiger partial charge in [0.25, 0.3) is 11.8 Å². The van der Waals surface area contributed by atoms with Crippen molar-refractivity contribution in [2.24, 2.45) is 0 Å². The summed E-state index contributed by atoms with van der Waals surface area (Å²) < 4.78 is 48.9. The van der Waals surface area contributed by atoms with Gasteiger partial charge in [0.15, 0.2) is 17.5 Å². The van der Waals surface area contributed by atoms with E-state index in [1.807, 2.05) is 25.1 Å². The van der Waals surface area contributed by atoms with Gasteiger partial charge < -0.3 is 24.4 Å². The molecule has 1 aromatic carbocycles. The average molecular weight is 549 g/mol. The molecule has 1 fully saturated rings. The zero-order valence-electron chi connectivity index (χ0n) is 22.0. The molecule has 5 aromatic rings. The highest BCUT2D eigenvalue weighted by molar-refractivity contribution is 5.96. The Labute approximate surface area is 227 Å². The van der Waals surface area contributed by atoms with Crippen molar-refractivity contribution in [2.75, 3.05) is 32.6 Å². The molecule has 0 radical (unpaired) electrons. The van der Waals surface area contributed by atoms with E-state index >= 15 is 0 Å². The second-order valence-electron chi connectivity index (χ2n) is 9.61. The van der Waals surface area contributed by atoms with Crippen LogP contribution in [0.15, 0.2) is 55.4 Å². The number of likely N-dealkylation sites (tertiary alicyclic amines) is 1. The first kappa shape index (κ1) is 25.6. The molecule has 13 heteroatoms. The molecule has 0 bridgehead atoms. The molecule has 1 aliphatic rings. The van der Waals surface area contributed by atoms with Crippen molar-refractivity contribution in [1.29, 1.82) is 0 Å². The van der Waals surface area contributed by atoms with Gasteiger partial charge in [-0.25, -0.2) is 33.2 Å². The number of nitrogens with one attached hydrogen (secondary N) is 1. The van der Waals surface area contributed by atoms with E-state index in [4.69, 9.17) is 14.2 Å². The second-order valence-corrected chi connectivity index (χ2v) is 9.61. The van der Waals surface area contributed by atoms with Crippen LogP contribution in [0.25, 0.3) is 16.6 Å². The number of pyridine rings is 2. The second kappa shape index (κ2) is 10.2. The van der Waals surface area contributed by atoms with Crippen LogP contribution in [0.2, 0.25) is 0 Å². The largest absolute Gasteiger partial charge is 0.478 e. The van der Waals surface area contributed by atoms with E-state index < -0.39 is 18.6 Å². The average Bonchev–Trinajstić information content (AvgIpc) is 3.39. The summed E-state index contributed by atoms with van der Waals surface area (Å²) in [5.41, 5.74) is 2.64. The van der Waals surface area contributed by atoms with Gasteiger partial charge in [-0.3, -0.25) is 0 Å². The van der Waals surface area contributed by atoms with Crippen LogP contribution in [0.4, 0.5) is 20.3 Å². The Hall–Kier alpha value is -4.65. The summed E-state index contributed by atoms with van der Waals surface area (Å²) in [5, 5.41) is 7.75. The lowest BCUT2D eigenvalue weighted by Gasteiger charge is -2.36. The highest BCUT2D eigenvalue weighted by atomic mass is 19.3. The van der Waals surface area contributed by atoms with E-state index in [2.05, 4.69) is 30.4 Å². The molecule has 11 nitrogen and oxygen atoms in total. The number of aromatic nitrogens is 6. The molecule has 6 rings (SSSR count). The maximum atomic E-state index is 14.9. The number of halogens is 2.